The van der Waals surface area contributed by atoms with Gasteiger partial charge in [-0.3, -0.25) is 0 Å². The van der Waals surface area contributed by atoms with Crippen molar-refractivity contribution in [3.63, 3.8) is 0 Å². The van der Waals surface area contributed by atoms with Crippen molar-refractivity contribution in [3.8, 4) is 5.75 Å². The summed E-state index contributed by atoms with van der Waals surface area (Å²) >= 11 is 7.64. The van der Waals surface area contributed by atoms with Gasteiger partial charge >= 0.3 is 0 Å². The minimum Gasteiger partial charge on any atom is -0.486 e. The van der Waals surface area contributed by atoms with E-state index in [1.807, 2.05) is 0 Å². The lowest BCUT2D eigenvalue weighted by atomic mass is 9.81. The fourth-order valence-corrected chi connectivity index (χ4v) is 5.08. The minimum atomic E-state index is -1.36. The van der Waals surface area contributed by atoms with E-state index in [2.05, 4.69) is 24.3 Å². The summed E-state index contributed by atoms with van der Waals surface area (Å²) in [5.74, 6) is 0.750. The molecular formula is C21H25ClO5S. The second-order valence-electron chi connectivity index (χ2n) is 7.84. The quantitative estimate of drug-likeness (QED) is 0.572. The number of rotatable bonds is 6. The molecule has 5 nitrogen and oxygen atoms in total. The molecule has 4 rings (SSSR count). The van der Waals surface area contributed by atoms with Crippen LogP contribution in [0.3, 0.4) is 0 Å². The van der Waals surface area contributed by atoms with Gasteiger partial charge in [-0.25, -0.2) is 0 Å². The standard InChI is InChI=1S/C21H25ClO5S/c22-18-9-15(27-16-8-14(10-23)19(24)21(26)20(16)25)17(28-18)7-11-1-3-12(4-2-11)13-5-6-13/h1-4,9,13-14,16,19-21,23-26H,5-8,10H2/t14-,16-,19-,20+,21+/m1/s1. The van der Waals surface area contributed by atoms with Gasteiger partial charge in [0.15, 0.2) is 0 Å². The van der Waals surface area contributed by atoms with Crippen LogP contribution in [0.25, 0.3) is 0 Å². The number of thiophene rings is 1. The zero-order valence-corrected chi connectivity index (χ0v) is 16.9. The Morgan fingerprint density at radius 3 is 2.39 bits per heavy atom. The third-order valence-corrected chi connectivity index (χ3v) is 6.99. The second kappa shape index (κ2) is 8.30. The molecule has 1 aromatic heterocycles. The molecule has 0 spiro atoms. The van der Waals surface area contributed by atoms with Crippen LogP contribution in [0.5, 0.6) is 5.75 Å². The third-order valence-electron chi connectivity index (χ3n) is 5.74. The predicted molar refractivity (Wildman–Crippen MR) is 108 cm³/mol. The Bertz CT molecular complexity index is 802. The molecule has 2 aliphatic rings. The van der Waals surface area contributed by atoms with E-state index in [1.54, 1.807) is 6.07 Å². The largest absolute Gasteiger partial charge is 0.486 e. The van der Waals surface area contributed by atoms with Crippen molar-refractivity contribution in [1.82, 2.24) is 0 Å². The lowest BCUT2D eigenvalue weighted by molar-refractivity contribution is -0.157. The maximum atomic E-state index is 10.3. The summed E-state index contributed by atoms with van der Waals surface area (Å²) in [6.45, 7) is -0.282. The Balaban J connectivity index is 1.49. The van der Waals surface area contributed by atoms with Crippen molar-refractivity contribution < 1.29 is 25.2 Å². The number of hydrogen-bond acceptors (Lipinski definition) is 6. The molecule has 7 heteroatoms. The highest BCUT2D eigenvalue weighted by atomic mass is 35.5. The molecule has 4 N–H and O–H groups in total. The van der Waals surface area contributed by atoms with Crippen LogP contribution >= 0.6 is 22.9 Å². The number of ether oxygens (including phenoxy) is 1. The Morgan fingerprint density at radius 2 is 1.75 bits per heavy atom. The fourth-order valence-electron chi connectivity index (χ4n) is 3.86. The lowest BCUT2D eigenvalue weighted by Gasteiger charge is -2.39. The van der Waals surface area contributed by atoms with E-state index < -0.39 is 30.3 Å². The number of aliphatic hydroxyl groups is 4. The normalized spacial score (nSPS) is 30.4. The smallest absolute Gasteiger partial charge is 0.135 e. The number of hydrogen-bond donors (Lipinski definition) is 4. The first kappa shape index (κ1) is 20.1. The van der Waals surface area contributed by atoms with Crippen LogP contribution < -0.4 is 4.74 Å². The zero-order valence-electron chi connectivity index (χ0n) is 15.4. The van der Waals surface area contributed by atoms with Crippen molar-refractivity contribution in [3.05, 3.63) is 50.7 Å². The molecule has 2 saturated carbocycles. The fraction of sp³-hybridized carbons (Fsp3) is 0.524. The topological polar surface area (TPSA) is 90.2 Å². The molecule has 1 aromatic carbocycles. The van der Waals surface area contributed by atoms with Gasteiger partial charge in [-0.1, -0.05) is 35.9 Å². The van der Waals surface area contributed by atoms with Gasteiger partial charge in [0, 0.05) is 25.0 Å². The van der Waals surface area contributed by atoms with E-state index in [1.165, 1.54) is 29.7 Å². The molecule has 0 bridgehead atoms. The molecule has 2 aliphatic carbocycles. The van der Waals surface area contributed by atoms with Crippen LogP contribution in [-0.4, -0.2) is 51.4 Å². The number of aliphatic hydroxyl groups excluding tert-OH is 4. The van der Waals surface area contributed by atoms with Gasteiger partial charge in [0.05, 0.1) is 15.3 Å². The van der Waals surface area contributed by atoms with Crippen LogP contribution in [0.15, 0.2) is 30.3 Å². The molecule has 0 unspecified atom stereocenters. The van der Waals surface area contributed by atoms with Crippen LogP contribution in [0, 0.1) is 5.92 Å². The molecule has 0 radical (unpaired) electrons. The van der Waals surface area contributed by atoms with Crippen LogP contribution in [0.2, 0.25) is 4.34 Å². The SMILES string of the molecule is OC[C@H]1C[C@@H](Oc2cc(Cl)sc2Cc2ccc(C3CC3)cc2)[C@H](O)[C@@H](O)[C@@H]1O. The van der Waals surface area contributed by atoms with E-state index in [0.29, 0.717) is 16.5 Å². The van der Waals surface area contributed by atoms with Crippen molar-refractivity contribution in [2.75, 3.05) is 6.61 Å². The average Bonchev–Trinajstić information content (AvgIpc) is 3.47. The molecule has 1 heterocycles. The molecule has 2 fully saturated rings. The Kier molecular flexibility index (Phi) is 5.97. The van der Waals surface area contributed by atoms with Crippen molar-refractivity contribution in [2.45, 2.75) is 56.0 Å². The third kappa shape index (κ3) is 4.22. The summed E-state index contributed by atoms with van der Waals surface area (Å²) in [6, 6.07) is 10.3. The highest BCUT2D eigenvalue weighted by Gasteiger charge is 2.43. The molecule has 0 saturated heterocycles. The van der Waals surface area contributed by atoms with Gasteiger partial charge in [-0.05, 0) is 36.3 Å². The first-order valence-corrected chi connectivity index (χ1v) is 10.8. The molecule has 152 valence electrons. The van der Waals surface area contributed by atoms with E-state index in [0.717, 1.165) is 16.4 Å². The van der Waals surface area contributed by atoms with Gasteiger partial charge in [0.1, 0.15) is 24.1 Å². The lowest BCUT2D eigenvalue weighted by Crippen LogP contribution is -2.56. The molecule has 2 aromatic rings. The van der Waals surface area contributed by atoms with Gasteiger partial charge < -0.3 is 25.2 Å². The Morgan fingerprint density at radius 1 is 1.04 bits per heavy atom. The highest BCUT2D eigenvalue weighted by molar-refractivity contribution is 7.16. The van der Waals surface area contributed by atoms with E-state index >= 15 is 0 Å². The summed E-state index contributed by atoms with van der Waals surface area (Å²) in [5.41, 5.74) is 2.54. The first-order valence-electron chi connectivity index (χ1n) is 9.65. The summed E-state index contributed by atoms with van der Waals surface area (Å²) in [7, 11) is 0. The van der Waals surface area contributed by atoms with E-state index in [9.17, 15) is 20.4 Å². The molecule has 5 atom stereocenters. The van der Waals surface area contributed by atoms with E-state index in [4.69, 9.17) is 16.3 Å². The van der Waals surface area contributed by atoms with Crippen molar-refractivity contribution in [2.24, 2.45) is 5.92 Å². The summed E-state index contributed by atoms with van der Waals surface area (Å²) in [5, 5.41) is 39.8. The van der Waals surface area contributed by atoms with Crippen LogP contribution in [0.1, 0.15) is 41.2 Å². The summed E-state index contributed by atoms with van der Waals surface area (Å²) in [6.07, 6.45) is -1.03. The molecular weight excluding hydrogens is 400 g/mol. The van der Waals surface area contributed by atoms with Crippen molar-refractivity contribution >= 4 is 22.9 Å². The van der Waals surface area contributed by atoms with Gasteiger partial charge in [0.25, 0.3) is 0 Å². The Labute approximate surface area is 173 Å². The average molecular weight is 425 g/mol. The predicted octanol–water partition coefficient (Wildman–Crippen LogP) is 2.71. The summed E-state index contributed by atoms with van der Waals surface area (Å²) in [4.78, 5) is 0.942. The van der Waals surface area contributed by atoms with Gasteiger partial charge in [0.2, 0.25) is 0 Å². The maximum absolute atomic E-state index is 10.3. The first-order chi connectivity index (χ1) is 13.5. The minimum absolute atomic E-state index is 0.249. The number of halogens is 1. The molecule has 0 amide bonds. The highest BCUT2D eigenvalue weighted by Crippen LogP contribution is 2.41. The second-order valence-corrected chi connectivity index (χ2v) is 9.61. The molecule has 0 aliphatic heterocycles. The van der Waals surface area contributed by atoms with Gasteiger partial charge in [-0.2, -0.15) is 0 Å². The Hall–Kier alpha value is -1.15. The zero-order chi connectivity index (χ0) is 19.8. The maximum Gasteiger partial charge on any atom is 0.135 e. The monoisotopic (exact) mass is 424 g/mol. The van der Waals surface area contributed by atoms with Gasteiger partial charge in [-0.15, -0.1) is 11.3 Å². The molecule has 28 heavy (non-hydrogen) atoms. The summed E-state index contributed by atoms with van der Waals surface area (Å²) < 4.78 is 6.60. The van der Waals surface area contributed by atoms with Crippen LogP contribution in [-0.2, 0) is 6.42 Å². The van der Waals surface area contributed by atoms with Crippen LogP contribution in [0.4, 0.5) is 0 Å². The number of benzene rings is 1. The van der Waals surface area contributed by atoms with Crippen molar-refractivity contribution in [1.29, 1.82) is 0 Å². The van der Waals surface area contributed by atoms with E-state index in [-0.39, 0.29) is 13.0 Å².